The number of benzene rings is 1. The van der Waals surface area contributed by atoms with Crippen molar-refractivity contribution >= 4 is 11.0 Å². The number of nitrogens with one attached hydrogen (secondary N) is 1. The zero-order chi connectivity index (χ0) is 13.8. The SMILES string of the molecule is CCc1c(C(C)N(C)CCNC)oc2ccccc12. The third-order valence-corrected chi connectivity index (χ3v) is 3.84. The van der Waals surface area contributed by atoms with Gasteiger partial charge in [-0.05, 0) is 33.5 Å². The number of furan rings is 1. The second-order valence-corrected chi connectivity index (χ2v) is 5.05. The van der Waals surface area contributed by atoms with Crippen LogP contribution in [0.15, 0.2) is 28.7 Å². The first kappa shape index (κ1) is 14.1. The van der Waals surface area contributed by atoms with E-state index >= 15 is 0 Å². The monoisotopic (exact) mass is 260 g/mol. The highest BCUT2D eigenvalue weighted by atomic mass is 16.3. The highest BCUT2D eigenvalue weighted by Gasteiger charge is 2.20. The summed E-state index contributed by atoms with van der Waals surface area (Å²) in [6.45, 7) is 6.41. The molecule has 0 aliphatic carbocycles. The van der Waals surface area contributed by atoms with Crippen molar-refractivity contribution in [3.8, 4) is 0 Å². The smallest absolute Gasteiger partial charge is 0.134 e. The van der Waals surface area contributed by atoms with Crippen molar-refractivity contribution in [2.75, 3.05) is 27.2 Å². The van der Waals surface area contributed by atoms with Gasteiger partial charge in [-0.15, -0.1) is 0 Å². The third-order valence-electron chi connectivity index (χ3n) is 3.84. The molecule has 0 spiro atoms. The van der Waals surface area contributed by atoms with Crippen molar-refractivity contribution in [1.29, 1.82) is 0 Å². The Morgan fingerprint density at radius 2 is 2.05 bits per heavy atom. The molecular weight excluding hydrogens is 236 g/mol. The number of hydrogen-bond acceptors (Lipinski definition) is 3. The maximum atomic E-state index is 6.09. The van der Waals surface area contributed by atoms with Gasteiger partial charge in [0.2, 0.25) is 0 Å². The minimum absolute atomic E-state index is 0.302. The summed E-state index contributed by atoms with van der Waals surface area (Å²) in [5.41, 5.74) is 2.35. The van der Waals surface area contributed by atoms with Crippen LogP contribution in [0.5, 0.6) is 0 Å². The molecule has 0 bridgehead atoms. The summed E-state index contributed by atoms with van der Waals surface area (Å²) in [5, 5.41) is 4.45. The average Bonchev–Trinajstić information content (AvgIpc) is 2.82. The fraction of sp³-hybridized carbons (Fsp3) is 0.500. The van der Waals surface area contributed by atoms with Gasteiger partial charge in [0.15, 0.2) is 0 Å². The van der Waals surface area contributed by atoms with Gasteiger partial charge in [-0.1, -0.05) is 25.1 Å². The molecule has 3 nitrogen and oxygen atoms in total. The molecule has 0 saturated carbocycles. The van der Waals surface area contributed by atoms with Crippen molar-refractivity contribution < 1.29 is 4.42 Å². The summed E-state index contributed by atoms with van der Waals surface area (Å²) in [6.07, 6.45) is 1.01. The second-order valence-electron chi connectivity index (χ2n) is 5.05. The quantitative estimate of drug-likeness (QED) is 0.864. The lowest BCUT2D eigenvalue weighted by Gasteiger charge is -2.23. The summed E-state index contributed by atoms with van der Waals surface area (Å²) in [4.78, 5) is 2.33. The summed E-state index contributed by atoms with van der Waals surface area (Å²) in [5.74, 6) is 1.11. The lowest BCUT2D eigenvalue weighted by molar-refractivity contribution is 0.234. The average molecular weight is 260 g/mol. The molecule has 19 heavy (non-hydrogen) atoms. The van der Waals surface area contributed by atoms with Crippen LogP contribution in [0, 0.1) is 0 Å². The number of likely N-dealkylation sites (N-methyl/N-ethyl adjacent to an activating group) is 2. The van der Waals surface area contributed by atoms with Crippen LogP contribution in [-0.4, -0.2) is 32.1 Å². The normalized spacial score (nSPS) is 13.3. The molecule has 1 atom stereocenters. The molecule has 0 saturated heterocycles. The molecule has 0 aliphatic rings. The van der Waals surface area contributed by atoms with Crippen molar-refractivity contribution in [3.05, 3.63) is 35.6 Å². The predicted molar refractivity (Wildman–Crippen MR) is 80.6 cm³/mol. The molecule has 3 heteroatoms. The number of nitrogens with zero attached hydrogens (tertiary/aromatic N) is 1. The minimum atomic E-state index is 0.302. The molecule has 1 heterocycles. The van der Waals surface area contributed by atoms with Gasteiger partial charge in [0, 0.05) is 24.0 Å². The lowest BCUT2D eigenvalue weighted by atomic mass is 10.0. The zero-order valence-corrected chi connectivity index (χ0v) is 12.4. The van der Waals surface area contributed by atoms with Crippen molar-refractivity contribution in [1.82, 2.24) is 10.2 Å². The van der Waals surface area contributed by atoms with Crippen LogP contribution >= 0.6 is 0 Å². The van der Waals surface area contributed by atoms with Gasteiger partial charge in [-0.2, -0.15) is 0 Å². The Kier molecular flexibility index (Phi) is 4.61. The van der Waals surface area contributed by atoms with Gasteiger partial charge in [0.05, 0.1) is 6.04 Å². The fourth-order valence-electron chi connectivity index (χ4n) is 2.50. The van der Waals surface area contributed by atoms with Crippen LogP contribution in [0.3, 0.4) is 0 Å². The molecule has 1 aromatic carbocycles. The predicted octanol–water partition coefficient (Wildman–Crippen LogP) is 3.21. The zero-order valence-electron chi connectivity index (χ0n) is 12.4. The Bertz CT molecular complexity index is 533. The van der Waals surface area contributed by atoms with Crippen molar-refractivity contribution in [2.45, 2.75) is 26.3 Å². The van der Waals surface area contributed by atoms with Crippen molar-refractivity contribution in [2.24, 2.45) is 0 Å². The highest BCUT2D eigenvalue weighted by molar-refractivity contribution is 5.82. The van der Waals surface area contributed by atoms with Crippen LogP contribution in [0.1, 0.15) is 31.2 Å². The van der Waals surface area contributed by atoms with Crippen molar-refractivity contribution in [3.63, 3.8) is 0 Å². The first-order valence-corrected chi connectivity index (χ1v) is 7.04. The van der Waals surface area contributed by atoms with Gasteiger partial charge in [0.1, 0.15) is 11.3 Å². The number of para-hydroxylation sites is 1. The Morgan fingerprint density at radius 3 is 2.74 bits per heavy atom. The van der Waals surface area contributed by atoms with E-state index in [2.05, 4.69) is 49.3 Å². The molecule has 0 fully saturated rings. The molecule has 104 valence electrons. The molecule has 1 aromatic heterocycles. The fourth-order valence-corrected chi connectivity index (χ4v) is 2.50. The van der Waals surface area contributed by atoms with E-state index < -0.39 is 0 Å². The minimum Gasteiger partial charge on any atom is -0.459 e. The lowest BCUT2D eigenvalue weighted by Crippen LogP contribution is -2.29. The largest absolute Gasteiger partial charge is 0.459 e. The van der Waals surface area contributed by atoms with Crippen LogP contribution in [-0.2, 0) is 6.42 Å². The Balaban J connectivity index is 2.33. The Hall–Kier alpha value is -1.32. The van der Waals surface area contributed by atoms with Gasteiger partial charge in [0.25, 0.3) is 0 Å². The first-order valence-electron chi connectivity index (χ1n) is 7.04. The highest BCUT2D eigenvalue weighted by Crippen LogP contribution is 2.32. The van der Waals surface area contributed by atoms with E-state index in [1.54, 1.807) is 0 Å². The van der Waals surface area contributed by atoms with E-state index in [0.717, 1.165) is 30.9 Å². The summed E-state index contributed by atoms with van der Waals surface area (Å²) >= 11 is 0. The number of fused-ring (bicyclic) bond motifs is 1. The summed E-state index contributed by atoms with van der Waals surface area (Å²) in [7, 11) is 4.13. The van der Waals surface area contributed by atoms with E-state index in [9.17, 15) is 0 Å². The summed E-state index contributed by atoms with van der Waals surface area (Å²) in [6, 6.07) is 8.62. The second kappa shape index (κ2) is 6.22. The van der Waals surface area contributed by atoms with E-state index in [1.807, 2.05) is 13.1 Å². The standard InChI is InChI=1S/C16H24N2O/c1-5-13-14-8-6-7-9-15(14)19-16(13)12(2)18(4)11-10-17-3/h6-9,12,17H,5,10-11H2,1-4H3. The first-order chi connectivity index (χ1) is 9.19. The van der Waals surface area contributed by atoms with E-state index in [0.29, 0.717) is 6.04 Å². The number of rotatable bonds is 6. The van der Waals surface area contributed by atoms with Gasteiger partial charge < -0.3 is 9.73 Å². The molecule has 1 N–H and O–H groups in total. The summed E-state index contributed by atoms with van der Waals surface area (Å²) < 4.78 is 6.09. The molecule has 0 radical (unpaired) electrons. The Labute approximate surface area is 115 Å². The van der Waals surface area contributed by atoms with Crippen LogP contribution in [0.25, 0.3) is 11.0 Å². The van der Waals surface area contributed by atoms with Crippen LogP contribution in [0.2, 0.25) is 0 Å². The van der Waals surface area contributed by atoms with E-state index in [1.165, 1.54) is 10.9 Å². The van der Waals surface area contributed by atoms with Crippen LogP contribution in [0.4, 0.5) is 0 Å². The van der Waals surface area contributed by atoms with E-state index in [4.69, 9.17) is 4.42 Å². The van der Waals surface area contributed by atoms with Gasteiger partial charge in [-0.3, -0.25) is 4.90 Å². The van der Waals surface area contributed by atoms with E-state index in [-0.39, 0.29) is 0 Å². The molecule has 2 aromatic rings. The number of hydrogen-bond donors (Lipinski definition) is 1. The third kappa shape index (κ3) is 2.82. The Morgan fingerprint density at radius 1 is 1.32 bits per heavy atom. The maximum Gasteiger partial charge on any atom is 0.134 e. The topological polar surface area (TPSA) is 28.4 Å². The van der Waals surface area contributed by atoms with Crippen LogP contribution < -0.4 is 5.32 Å². The van der Waals surface area contributed by atoms with Gasteiger partial charge >= 0.3 is 0 Å². The molecule has 2 rings (SSSR count). The number of aryl methyl sites for hydroxylation is 1. The molecule has 1 unspecified atom stereocenters. The maximum absolute atomic E-state index is 6.09. The molecule has 0 amide bonds. The molecular formula is C16H24N2O. The molecule has 0 aliphatic heterocycles. The van der Waals surface area contributed by atoms with Gasteiger partial charge in [-0.25, -0.2) is 0 Å².